The van der Waals surface area contributed by atoms with E-state index in [0.717, 1.165) is 6.42 Å². The number of rotatable bonds is 8. The van der Waals surface area contributed by atoms with Gasteiger partial charge in [0.1, 0.15) is 0 Å². The number of ether oxygens (including phenoxy) is 1. The van der Waals surface area contributed by atoms with Gasteiger partial charge in [-0.2, -0.15) is 0 Å². The largest absolute Gasteiger partial charge is 0.459 e. The Morgan fingerprint density at radius 3 is 3.00 bits per heavy atom. The van der Waals surface area contributed by atoms with E-state index in [0.29, 0.717) is 36.0 Å². The highest BCUT2D eigenvalue weighted by atomic mass is 32.1. The number of nitrogens with one attached hydrogen (secondary N) is 2. The Hall–Kier alpha value is -2.19. The Balaban J connectivity index is 1.36. The van der Waals surface area contributed by atoms with Crippen LogP contribution in [0.25, 0.3) is 0 Å². The molecule has 2 heterocycles. The van der Waals surface area contributed by atoms with E-state index in [-0.39, 0.29) is 24.0 Å². The SMILES string of the molecule is C[C@H]1CCCC[C@@H]1OCCNC(=O)Cc1csc(NC(=O)c2ccco2)n1. The maximum atomic E-state index is 12.0. The van der Waals surface area contributed by atoms with Crippen molar-refractivity contribution >= 4 is 28.3 Å². The fourth-order valence-corrected chi connectivity index (χ4v) is 3.87. The van der Waals surface area contributed by atoms with E-state index in [2.05, 4.69) is 22.5 Å². The highest BCUT2D eigenvalue weighted by molar-refractivity contribution is 7.14. The molecule has 2 aromatic rings. The van der Waals surface area contributed by atoms with Crippen molar-refractivity contribution in [1.29, 1.82) is 0 Å². The van der Waals surface area contributed by atoms with Gasteiger partial charge in [0.25, 0.3) is 5.91 Å². The molecule has 2 N–H and O–H groups in total. The third-order valence-electron chi connectivity index (χ3n) is 4.65. The summed E-state index contributed by atoms with van der Waals surface area (Å²) in [6, 6.07) is 3.22. The van der Waals surface area contributed by atoms with Crippen LogP contribution < -0.4 is 10.6 Å². The minimum atomic E-state index is -0.362. The smallest absolute Gasteiger partial charge is 0.293 e. The van der Waals surface area contributed by atoms with Crippen molar-refractivity contribution in [3.05, 3.63) is 35.2 Å². The van der Waals surface area contributed by atoms with Gasteiger partial charge in [-0.3, -0.25) is 14.9 Å². The highest BCUT2D eigenvalue weighted by Gasteiger charge is 2.21. The van der Waals surface area contributed by atoms with Crippen molar-refractivity contribution in [2.24, 2.45) is 5.92 Å². The van der Waals surface area contributed by atoms with Gasteiger partial charge in [-0.15, -0.1) is 11.3 Å². The van der Waals surface area contributed by atoms with Gasteiger partial charge in [-0.25, -0.2) is 4.98 Å². The molecule has 1 aliphatic carbocycles. The summed E-state index contributed by atoms with van der Waals surface area (Å²) in [5.41, 5.74) is 0.620. The van der Waals surface area contributed by atoms with Crippen LogP contribution in [0, 0.1) is 5.92 Å². The van der Waals surface area contributed by atoms with Crippen molar-refractivity contribution in [3.8, 4) is 0 Å². The van der Waals surface area contributed by atoms with Crippen molar-refractivity contribution in [1.82, 2.24) is 10.3 Å². The van der Waals surface area contributed by atoms with Crippen molar-refractivity contribution < 1.29 is 18.7 Å². The number of anilines is 1. The van der Waals surface area contributed by atoms with Crippen LogP contribution in [0.15, 0.2) is 28.2 Å². The molecule has 3 rings (SSSR count). The summed E-state index contributed by atoms with van der Waals surface area (Å²) >= 11 is 1.28. The van der Waals surface area contributed by atoms with E-state index in [1.807, 2.05) is 0 Å². The van der Waals surface area contributed by atoms with Crippen LogP contribution in [-0.2, 0) is 16.0 Å². The molecule has 8 heteroatoms. The fourth-order valence-electron chi connectivity index (χ4n) is 3.17. The quantitative estimate of drug-likeness (QED) is 0.674. The molecular weight excluding hydrogens is 366 g/mol. The molecular formula is C19H25N3O4S. The Morgan fingerprint density at radius 1 is 1.37 bits per heavy atom. The summed E-state index contributed by atoms with van der Waals surface area (Å²) in [4.78, 5) is 28.2. The lowest BCUT2D eigenvalue weighted by molar-refractivity contribution is -0.121. The molecule has 0 saturated heterocycles. The second-order valence-corrected chi connectivity index (χ2v) is 7.63. The number of amides is 2. The van der Waals surface area contributed by atoms with Crippen LogP contribution in [-0.4, -0.2) is 36.1 Å². The first kappa shape index (κ1) is 19.6. The summed E-state index contributed by atoms with van der Waals surface area (Å²) in [5.74, 6) is 0.347. The molecule has 2 atom stereocenters. The first-order chi connectivity index (χ1) is 13.1. The molecule has 1 fully saturated rings. The van der Waals surface area contributed by atoms with Crippen molar-refractivity contribution in [2.75, 3.05) is 18.5 Å². The van der Waals surface area contributed by atoms with Crippen LogP contribution in [0.5, 0.6) is 0 Å². The molecule has 0 bridgehead atoms. The van der Waals surface area contributed by atoms with Gasteiger partial charge in [0, 0.05) is 11.9 Å². The topological polar surface area (TPSA) is 93.5 Å². The monoisotopic (exact) mass is 391 g/mol. The molecule has 0 spiro atoms. The third kappa shape index (κ3) is 5.90. The molecule has 0 radical (unpaired) electrons. The minimum absolute atomic E-state index is 0.107. The lowest BCUT2D eigenvalue weighted by Crippen LogP contribution is -2.32. The average molecular weight is 391 g/mol. The molecule has 0 aliphatic heterocycles. The Kier molecular flexibility index (Phi) is 7.00. The molecule has 2 aromatic heterocycles. The van der Waals surface area contributed by atoms with Gasteiger partial charge >= 0.3 is 0 Å². The highest BCUT2D eigenvalue weighted by Crippen LogP contribution is 2.26. The molecule has 0 unspecified atom stereocenters. The lowest BCUT2D eigenvalue weighted by Gasteiger charge is -2.28. The molecule has 1 aliphatic rings. The molecule has 7 nitrogen and oxygen atoms in total. The van der Waals surface area contributed by atoms with Crippen LogP contribution in [0.1, 0.15) is 48.9 Å². The second kappa shape index (κ2) is 9.66. The molecule has 2 amide bonds. The van der Waals surface area contributed by atoms with E-state index in [4.69, 9.17) is 9.15 Å². The van der Waals surface area contributed by atoms with Gasteiger partial charge < -0.3 is 14.5 Å². The third-order valence-corrected chi connectivity index (χ3v) is 5.45. The maximum Gasteiger partial charge on any atom is 0.293 e. The van der Waals surface area contributed by atoms with Crippen LogP contribution in [0.3, 0.4) is 0 Å². The molecule has 1 saturated carbocycles. The normalized spacial score (nSPS) is 19.6. The number of aromatic nitrogens is 1. The first-order valence-corrected chi connectivity index (χ1v) is 10.2. The number of carbonyl (C=O) groups is 2. The predicted octanol–water partition coefficient (Wildman–Crippen LogP) is 3.24. The van der Waals surface area contributed by atoms with E-state index >= 15 is 0 Å². The summed E-state index contributed by atoms with van der Waals surface area (Å²) in [6.45, 7) is 3.25. The number of furan rings is 1. The molecule has 0 aromatic carbocycles. The zero-order valence-electron chi connectivity index (χ0n) is 15.4. The first-order valence-electron chi connectivity index (χ1n) is 9.29. The summed E-state index contributed by atoms with van der Waals surface area (Å²) in [6.07, 6.45) is 6.77. The fraction of sp³-hybridized carbons (Fsp3) is 0.526. The van der Waals surface area contributed by atoms with Crippen molar-refractivity contribution in [3.63, 3.8) is 0 Å². The van der Waals surface area contributed by atoms with Gasteiger partial charge in [0.2, 0.25) is 5.91 Å². The van der Waals surface area contributed by atoms with Gasteiger partial charge in [0.15, 0.2) is 10.9 Å². The zero-order valence-corrected chi connectivity index (χ0v) is 16.2. The van der Waals surface area contributed by atoms with E-state index in [1.54, 1.807) is 17.5 Å². The average Bonchev–Trinajstić information content (AvgIpc) is 3.32. The van der Waals surface area contributed by atoms with E-state index in [1.165, 1.54) is 36.9 Å². The summed E-state index contributed by atoms with van der Waals surface area (Å²) in [7, 11) is 0. The van der Waals surface area contributed by atoms with Crippen LogP contribution in [0.4, 0.5) is 5.13 Å². The summed E-state index contributed by atoms with van der Waals surface area (Å²) in [5, 5.41) is 7.71. The van der Waals surface area contributed by atoms with Crippen molar-refractivity contribution in [2.45, 2.75) is 45.1 Å². The number of hydrogen-bond donors (Lipinski definition) is 2. The maximum absolute atomic E-state index is 12.0. The number of carbonyl (C=O) groups excluding carboxylic acids is 2. The molecule has 27 heavy (non-hydrogen) atoms. The van der Waals surface area contributed by atoms with E-state index in [9.17, 15) is 9.59 Å². The minimum Gasteiger partial charge on any atom is -0.459 e. The predicted molar refractivity (Wildman–Crippen MR) is 103 cm³/mol. The zero-order chi connectivity index (χ0) is 19.1. The van der Waals surface area contributed by atoms with Crippen LogP contribution in [0.2, 0.25) is 0 Å². The Labute approximate surface area is 162 Å². The van der Waals surface area contributed by atoms with Gasteiger partial charge in [-0.05, 0) is 30.9 Å². The van der Waals surface area contributed by atoms with Crippen LogP contribution >= 0.6 is 11.3 Å². The standard InChI is InChI=1S/C19H25N3O4S/c1-13-5-2-3-6-15(13)26-10-8-20-17(23)11-14-12-27-19(21-14)22-18(24)16-7-4-9-25-16/h4,7,9,12-13,15H,2-3,5-6,8,10-11H2,1H3,(H,20,23)(H,21,22,24)/t13-,15-/m0/s1. The second-order valence-electron chi connectivity index (χ2n) is 6.77. The molecule has 146 valence electrons. The Bertz CT molecular complexity index is 744. The number of nitrogens with zero attached hydrogens (tertiary/aromatic N) is 1. The Morgan fingerprint density at radius 2 is 2.22 bits per heavy atom. The van der Waals surface area contributed by atoms with Gasteiger partial charge in [0.05, 0.1) is 31.1 Å². The lowest BCUT2D eigenvalue weighted by atomic mass is 9.88. The van der Waals surface area contributed by atoms with Gasteiger partial charge in [-0.1, -0.05) is 19.8 Å². The number of thiazole rings is 1. The number of hydrogen-bond acceptors (Lipinski definition) is 6. The summed E-state index contributed by atoms with van der Waals surface area (Å²) < 4.78 is 10.9. The van der Waals surface area contributed by atoms with E-state index < -0.39 is 0 Å².